The van der Waals surface area contributed by atoms with E-state index in [1.807, 2.05) is 7.11 Å². The van der Waals surface area contributed by atoms with Crippen molar-refractivity contribution in [1.29, 1.82) is 0 Å². The Morgan fingerprint density at radius 3 is 2.28 bits per heavy atom. The first-order valence-corrected chi connectivity index (χ1v) is 11.2. The minimum Gasteiger partial charge on any atom is -0.550 e. The minimum absolute atomic E-state index is 0. The second-order valence-electron chi connectivity index (χ2n) is 9.44. The van der Waals surface area contributed by atoms with E-state index in [1.54, 1.807) is 0 Å². The van der Waals surface area contributed by atoms with E-state index in [0.29, 0.717) is 50.2 Å². The van der Waals surface area contributed by atoms with Gasteiger partial charge in [-0.05, 0) is 51.9 Å². The van der Waals surface area contributed by atoms with Crippen LogP contribution in [0.1, 0.15) is 58.8 Å². The maximum absolute atomic E-state index is 10.4. The number of likely N-dealkylation sites (tertiary alicyclic amines) is 1. The first-order chi connectivity index (χ1) is 14.7. The Bertz CT molecular complexity index is 609. The molecule has 8 nitrogen and oxygen atoms in total. The summed E-state index contributed by atoms with van der Waals surface area (Å²) in [5.41, 5.74) is 1.37. The van der Waals surface area contributed by atoms with Gasteiger partial charge in [-0.25, -0.2) is 4.79 Å². The Morgan fingerprint density at radius 1 is 1.19 bits per heavy atom. The number of aliphatic hydroxyl groups is 1. The molecular formula is C23H38NNaO7. The van der Waals surface area contributed by atoms with Crippen LogP contribution in [-0.4, -0.2) is 72.8 Å². The number of aliphatic hydroxyl groups excluding tert-OH is 1. The summed E-state index contributed by atoms with van der Waals surface area (Å²) in [6.07, 6.45) is 10.2. The van der Waals surface area contributed by atoms with E-state index in [9.17, 15) is 14.7 Å². The third-order valence-corrected chi connectivity index (χ3v) is 6.87. The molecule has 2 saturated heterocycles. The average molecular weight is 464 g/mol. The molecule has 1 spiro atoms. The number of amides is 1. The van der Waals surface area contributed by atoms with Gasteiger partial charge >= 0.3 is 35.7 Å². The predicted molar refractivity (Wildman–Crippen MR) is 113 cm³/mol. The van der Waals surface area contributed by atoms with Crippen molar-refractivity contribution < 1.29 is 63.9 Å². The van der Waals surface area contributed by atoms with Crippen LogP contribution in [0.25, 0.3) is 0 Å². The van der Waals surface area contributed by atoms with Gasteiger partial charge in [0.2, 0.25) is 0 Å². The number of carboxylic acid groups (broad SMARTS) is 2. The van der Waals surface area contributed by atoms with Crippen molar-refractivity contribution in [3.63, 3.8) is 0 Å². The molecule has 32 heavy (non-hydrogen) atoms. The largest absolute Gasteiger partial charge is 1.00 e. The van der Waals surface area contributed by atoms with Crippen LogP contribution in [0.15, 0.2) is 11.6 Å². The number of hydrogen-bond acceptors (Lipinski definition) is 6. The molecule has 2 saturated carbocycles. The topological polar surface area (TPSA) is 123 Å². The van der Waals surface area contributed by atoms with Crippen LogP contribution in [0.3, 0.4) is 0 Å². The third kappa shape index (κ3) is 7.71. The van der Waals surface area contributed by atoms with Gasteiger partial charge in [-0.1, -0.05) is 24.5 Å². The van der Waals surface area contributed by atoms with Crippen molar-refractivity contribution >= 4 is 12.1 Å². The second-order valence-corrected chi connectivity index (χ2v) is 9.44. The smallest absolute Gasteiger partial charge is 0.550 e. The summed E-state index contributed by atoms with van der Waals surface area (Å²) in [5.74, 6) is -0.704. The molecule has 0 aromatic rings. The standard InChI is InChI=1S/C14H24O2.C8H11NO4.CH4O.Na/c1-10(2)8-9-13-14(16-13)11-6-4-5-7-12(11)15-3;10-6(11)5-1-8(2-5)3-9(4-8)7(12)13;1-2;/h8,11-14H,4-7,9H2,1-3H3;5H,1-4H2,(H,10,11)(H,12,13);2H,1H3;/q;;;+1/p-1/t11?,12?,13-,14?;;;/m1.../s1. The number of carbonyl (C=O) groups is 2. The quantitative estimate of drug-likeness (QED) is 0.306. The Kier molecular flexibility index (Phi) is 12.2. The molecule has 0 aromatic heterocycles. The van der Waals surface area contributed by atoms with Crippen molar-refractivity contribution in [3.8, 4) is 0 Å². The van der Waals surface area contributed by atoms with E-state index in [-0.39, 0.29) is 40.9 Å². The molecule has 2 heterocycles. The van der Waals surface area contributed by atoms with Crippen LogP contribution in [0.4, 0.5) is 4.79 Å². The summed E-state index contributed by atoms with van der Waals surface area (Å²) >= 11 is 0. The number of hydrogen-bond donors (Lipinski definition) is 2. The van der Waals surface area contributed by atoms with Crippen molar-refractivity contribution in [2.45, 2.75) is 77.1 Å². The predicted octanol–water partition coefficient (Wildman–Crippen LogP) is -0.946. The first kappa shape index (κ1) is 29.4. The molecule has 4 aliphatic rings. The van der Waals surface area contributed by atoms with Gasteiger partial charge < -0.3 is 34.5 Å². The number of methoxy groups -OCH3 is 1. The number of allylic oxidation sites excluding steroid dienone is 1. The SMILES string of the molecule is CO.COC1CCCCC1C1O[C@@H]1CC=C(C)C.O=C([O-])C1CC2(C1)CN(C(=O)O)C2.[Na+]. The van der Waals surface area contributed by atoms with E-state index >= 15 is 0 Å². The maximum Gasteiger partial charge on any atom is 1.00 e. The summed E-state index contributed by atoms with van der Waals surface area (Å²) in [6, 6.07) is 0. The zero-order valence-corrected chi connectivity index (χ0v) is 22.2. The summed E-state index contributed by atoms with van der Waals surface area (Å²) in [4.78, 5) is 22.1. The number of rotatable bonds is 5. The maximum atomic E-state index is 10.4. The fourth-order valence-corrected chi connectivity index (χ4v) is 5.18. The van der Waals surface area contributed by atoms with E-state index in [1.165, 1.54) is 36.2 Å². The van der Waals surface area contributed by atoms with Crippen molar-refractivity contribution in [1.82, 2.24) is 4.90 Å². The van der Waals surface area contributed by atoms with Gasteiger partial charge in [-0.15, -0.1) is 0 Å². The average Bonchev–Trinajstić information content (AvgIpc) is 3.45. The van der Waals surface area contributed by atoms with Crippen LogP contribution in [0.2, 0.25) is 0 Å². The number of ether oxygens (including phenoxy) is 2. The molecule has 0 aromatic carbocycles. The Labute approximate surface area is 213 Å². The van der Waals surface area contributed by atoms with Crippen LogP contribution < -0.4 is 34.7 Å². The van der Waals surface area contributed by atoms with Crippen LogP contribution >= 0.6 is 0 Å². The molecule has 0 bridgehead atoms. The molecular weight excluding hydrogens is 425 g/mol. The van der Waals surface area contributed by atoms with E-state index < -0.39 is 12.1 Å². The monoisotopic (exact) mass is 463 g/mol. The molecule has 2 aliphatic carbocycles. The number of carbonyl (C=O) groups excluding carboxylic acids is 1. The Morgan fingerprint density at radius 2 is 1.78 bits per heavy atom. The van der Waals surface area contributed by atoms with Crippen LogP contribution in [0, 0.1) is 17.3 Å². The van der Waals surface area contributed by atoms with Gasteiger partial charge in [0.25, 0.3) is 0 Å². The fraction of sp³-hybridized carbons (Fsp3) is 0.826. The van der Waals surface area contributed by atoms with E-state index in [0.717, 1.165) is 13.5 Å². The number of aliphatic carboxylic acids is 1. The molecule has 4 rings (SSSR count). The van der Waals surface area contributed by atoms with Gasteiger partial charge in [0, 0.05) is 44.6 Å². The van der Waals surface area contributed by atoms with Crippen molar-refractivity contribution in [2.24, 2.45) is 17.3 Å². The molecule has 0 radical (unpaired) electrons. The molecule has 4 fully saturated rings. The van der Waals surface area contributed by atoms with Crippen LogP contribution in [0.5, 0.6) is 0 Å². The second kappa shape index (κ2) is 13.3. The molecule has 3 unspecified atom stereocenters. The fourth-order valence-electron chi connectivity index (χ4n) is 5.18. The summed E-state index contributed by atoms with van der Waals surface area (Å²) in [7, 11) is 2.84. The molecule has 178 valence electrons. The molecule has 1 amide bonds. The van der Waals surface area contributed by atoms with Crippen LogP contribution in [-0.2, 0) is 14.3 Å². The van der Waals surface area contributed by atoms with Gasteiger partial charge in [-0.3, -0.25) is 0 Å². The Balaban J connectivity index is 0.000000293. The minimum atomic E-state index is -1.00. The summed E-state index contributed by atoms with van der Waals surface area (Å²) in [6.45, 7) is 5.28. The molecule has 9 heteroatoms. The molecule has 4 atom stereocenters. The third-order valence-electron chi connectivity index (χ3n) is 6.87. The zero-order chi connectivity index (χ0) is 23.2. The van der Waals surface area contributed by atoms with E-state index in [2.05, 4.69) is 19.9 Å². The number of epoxide rings is 1. The molecule has 2 N–H and O–H groups in total. The van der Waals surface area contributed by atoms with Gasteiger partial charge in [0.05, 0.1) is 18.3 Å². The van der Waals surface area contributed by atoms with Gasteiger partial charge in [0.15, 0.2) is 0 Å². The number of nitrogens with zero attached hydrogens (tertiary/aromatic N) is 1. The number of carboxylic acids is 1. The summed E-state index contributed by atoms with van der Waals surface area (Å²) in [5, 5.41) is 25.9. The Hall–Kier alpha value is -0.640. The summed E-state index contributed by atoms with van der Waals surface area (Å²) < 4.78 is 11.4. The van der Waals surface area contributed by atoms with Crippen molar-refractivity contribution in [2.75, 3.05) is 27.3 Å². The van der Waals surface area contributed by atoms with Crippen molar-refractivity contribution in [3.05, 3.63) is 11.6 Å². The zero-order valence-electron chi connectivity index (χ0n) is 20.2. The van der Waals surface area contributed by atoms with Gasteiger partial charge in [0.1, 0.15) is 0 Å². The normalized spacial score (nSPS) is 29.5. The van der Waals surface area contributed by atoms with E-state index in [4.69, 9.17) is 19.7 Å². The molecule has 2 aliphatic heterocycles. The first-order valence-electron chi connectivity index (χ1n) is 11.2. The van der Waals surface area contributed by atoms with Gasteiger partial charge in [-0.2, -0.15) is 0 Å².